The van der Waals surface area contributed by atoms with Crippen LogP contribution >= 0.6 is 0 Å². The van der Waals surface area contributed by atoms with Crippen LogP contribution in [0.25, 0.3) is 11.4 Å². The van der Waals surface area contributed by atoms with Crippen molar-refractivity contribution in [2.24, 2.45) is 0 Å². The van der Waals surface area contributed by atoms with E-state index in [9.17, 15) is 0 Å². The van der Waals surface area contributed by atoms with Crippen LogP contribution in [0, 0.1) is 0 Å². The molecule has 0 spiro atoms. The summed E-state index contributed by atoms with van der Waals surface area (Å²) < 4.78 is 11.6. The first-order valence-corrected chi connectivity index (χ1v) is 14.6. The second-order valence-electron chi connectivity index (χ2n) is 10.8. The summed E-state index contributed by atoms with van der Waals surface area (Å²) in [5.41, 5.74) is 5.50. The Bertz CT molecular complexity index is 1450. The number of morpholine rings is 1. The number of fused-ring (bicyclic) bond motifs is 1. The van der Waals surface area contributed by atoms with Gasteiger partial charge in [-0.25, -0.2) is 9.97 Å². The van der Waals surface area contributed by atoms with Gasteiger partial charge in [-0.2, -0.15) is 4.98 Å². The van der Waals surface area contributed by atoms with Crippen LogP contribution in [0.3, 0.4) is 0 Å². The molecule has 8 nitrogen and oxygen atoms in total. The largest absolute Gasteiger partial charge is 0.473 e. The Kier molecular flexibility index (Phi) is 8.39. The fraction of sp³-hybridized carbons (Fsp3) is 0.364. The first kappa shape index (κ1) is 27.2. The van der Waals surface area contributed by atoms with E-state index < -0.39 is 0 Å². The summed E-state index contributed by atoms with van der Waals surface area (Å²) in [6.07, 6.45) is 2.13. The van der Waals surface area contributed by atoms with Crippen LogP contribution < -0.4 is 15.0 Å². The molecule has 6 rings (SSSR count). The molecule has 212 valence electrons. The number of nitrogens with one attached hydrogen (secondary N) is 1. The number of ether oxygens (including phenoxy) is 2. The van der Waals surface area contributed by atoms with Crippen LogP contribution in [0.2, 0.25) is 0 Å². The van der Waals surface area contributed by atoms with Crippen molar-refractivity contribution >= 4 is 17.3 Å². The molecule has 0 bridgehead atoms. The molecular weight excluding hydrogens is 512 g/mol. The number of anilines is 3. The normalized spacial score (nSPS) is 17.2. The molecule has 4 heterocycles. The fourth-order valence-corrected chi connectivity index (χ4v) is 5.53. The maximum Gasteiger partial charge on any atom is 0.215 e. The summed E-state index contributed by atoms with van der Waals surface area (Å²) in [6, 6.07) is 24.4. The van der Waals surface area contributed by atoms with Crippen LogP contribution in [-0.2, 0) is 24.3 Å². The number of hydrogen-bond donors (Lipinski definition) is 1. The zero-order valence-corrected chi connectivity index (χ0v) is 23.9. The van der Waals surface area contributed by atoms with Gasteiger partial charge in [-0.15, -0.1) is 0 Å². The molecule has 2 aliphatic heterocycles. The number of benzene rings is 2. The molecule has 0 amide bonds. The SMILES string of the molecule is CCCN1CCc2c(nc(-c3ccc(Nc4cccc(OCc5ccccc5)n4)cc3)nc2N2CCOC[C@@H]2C)C1. The number of aromatic nitrogens is 3. The van der Waals surface area contributed by atoms with E-state index in [4.69, 9.17) is 19.4 Å². The zero-order valence-electron chi connectivity index (χ0n) is 23.9. The Balaban J connectivity index is 1.21. The molecule has 0 unspecified atom stereocenters. The van der Waals surface area contributed by atoms with E-state index in [1.165, 1.54) is 5.56 Å². The van der Waals surface area contributed by atoms with Crippen molar-refractivity contribution in [2.75, 3.05) is 43.1 Å². The molecule has 0 radical (unpaired) electrons. The summed E-state index contributed by atoms with van der Waals surface area (Å²) >= 11 is 0. The van der Waals surface area contributed by atoms with Crippen LogP contribution in [0.15, 0.2) is 72.8 Å². The second kappa shape index (κ2) is 12.7. The van der Waals surface area contributed by atoms with Gasteiger partial charge in [0, 0.05) is 42.5 Å². The van der Waals surface area contributed by atoms with E-state index in [-0.39, 0.29) is 6.04 Å². The van der Waals surface area contributed by atoms with Gasteiger partial charge < -0.3 is 19.7 Å². The molecule has 1 fully saturated rings. The number of rotatable bonds is 9. The van der Waals surface area contributed by atoms with Crippen LogP contribution in [0.5, 0.6) is 5.88 Å². The third kappa shape index (κ3) is 6.50. The summed E-state index contributed by atoms with van der Waals surface area (Å²) in [5, 5.41) is 3.40. The third-order valence-corrected chi connectivity index (χ3v) is 7.67. The topological polar surface area (TPSA) is 75.6 Å². The van der Waals surface area contributed by atoms with E-state index in [2.05, 4.69) is 58.2 Å². The van der Waals surface area contributed by atoms with Crippen molar-refractivity contribution in [3.8, 4) is 17.3 Å². The molecule has 8 heteroatoms. The highest BCUT2D eigenvalue weighted by molar-refractivity contribution is 5.66. The summed E-state index contributed by atoms with van der Waals surface area (Å²) in [7, 11) is 0. The molecule has 2 aliphatic rings. The van der Waals surface area contributed by atoms with Crippen LogP contribution in [0.1, 0.15) is 37.1 Å². The van der Waals surface area contributed by atoms with Gasteiger partial charge in [-0.05, 0) is 62.2 Å². The van der Waals surface area contributed by atoms with Gasteiger partial charge in [0.1, 0.15) is 18.2 Å². The third-order valence-electron chi connectivity index (χ3n) is 7.67. The quantitative estimate of drug-likeness (QED) is 0.278. The maximum atomic E-state index is 5.90. The smallest absolute Gasteiger partial charge is 0.215 e. The van der Waals surface area contributed by atoms with Crippen molar-refractivity contribution in [1.29, 1.82) is 0 Å². The second-order valence-corrected chi connectivity index (χ2v) is 10.8. The first-order valence-electron chi connectivity index (χ1n) is 14.6. The molecular formula is C33H38N6O2. The predicted octanol–water partition coefficient (Wildman–Crippen LogP) is 5.85. The monoisotopic (exact) mass is 550 g/mol. The van der Waals surface area contributed by atoms with Crippen molar-refractivity contribution in [2.45, 2.75) is 45.9 Å². The Morgan fingerprint density at radius 1 is 0.951 bits per heavy atom. The van der Waals surface area contributed by atoms with E-state index >= 15 is 0 Å². The Labute approximate surface area is 242 Å². The Morgan fingerprint density at radius 3 is 2.61 bits per heavy atom. The molecule has 2 aromatic heterocycles. The predicted molar refractivity (Wildman–Crippen MR) is 163 cm³/mol. The lowest BCUT2D eigenvalue weighted by Gasteiger charge is -2.37. The molecule has 2 aromatic carbocycles. The van der Waals surface area contributed by atoms with Crippen molar-refractivity contribution in [1.82, 2.24) is 19.9 Å². The average molecular weight is 551 g/mol. The highest BCUT2D eigenvalue weighted by Crippen LogP contribution is 2.32. The van der Waals surface area contributed by atoms with Gasteiger partial charge in [0.25, 0.3) is 0 Å². The number of hydrogen-bond acceptors (Lipinski definition) is 8. The standard InChI is InChI=1S/C33H38N6O2/c1-3-17-38-18-16-28-29(21-38)35-32(37-33(28)39-19-20-40-22-24(39)2)26-12-14-27(15-13-26)34-30-10-7-11-31(36-30)41-23-25-8-5-4-6-9-25/h4-15,24H,3,16-23H2,1-2H3,(H,34,36)/t24-/m0/s1. The van der Waals surface area contributed by atoms with E-state index in [1.807, 2.05) is 48.5 Å². The van der Waals surface area contributed by atoms with E-state index in [0.717, 1.165) is 92.2 Å². The van der Waals surface area contributed by atoms with Gasteiger partial charge in [0.05, 0.1) is 24.9 Å². The minimum atomic E-state index is 0.288. The summed E-state index contributed by atoms with van der Waals surface area (Å²) in [5.74, 6) is 3.17. The minimum absolute atomic E-state index is 0.288. The summed E-state index contributed by atoms with van der Waals surface area (Å²) in [6.45, 7) is 10.3. The first-order chi connectivity index (χ1) is 20.2. The Morgan fingerprint density at radius 2 is 1.80 bits per heavy atom. The molecule has 1 atom stereocenters. The van der Waals surface area contributed by atoms with Crippen LogP contribution in [0.4, 0.5) is 17.3 Å². The molecule has 1 saturated heterocycles. The number of nitrogens with zero attached hydrogens (tertiary/aromatic N) is 5. The lowest BCUT2D eigenvalue weighted by Crippen LogP contribution is -2.45. The van der Waals surface area contributed by atoms with Gasteiger partial charge in [0.2, 0.25) is 5.88 Å². The Hall–Kier alpha value is -4.01. The van der Waals surface area contributed by atoms with E-state index in [0.29, 0.717) is 12.5 Å². The molecule has 0 aliphatic carbocycles. The average Bonchev–Trinajstić information content (AvgIpc) is 3.01. The van der Waals surface area contributed by atoms with Gasteiger partial charge >= 0.3 is 0 Å². The maximum absolute atomic E-state index is 5.90. The molecule has 4 aromatic rings. The summed E-state index contributed by atoms with van der Waals surface area (Å²) in [4.78, 5) is 19.8. The molecule has 0 saturated carbocycles. The highest BCUT2D eigenvalue weighted by atomic mass is 16.5. The molecule has 41 heavy (non-hydrogen) atoms. The lowest BCUT2D eigenvalue weighted by molar-refractivity contribution is 0.0983. The van der Waals surface area contributed by atoms with E-state index in [1.54, 1.807) is 0 Å². The number of pyridine rings is 1. The van der Waals surface area contributed by atoms with Crippen molar-refractivity contribution < 1.29 is 9.47 Å². The van der Waals surface area contributed by atoms with Gasteiger partial charge in [-0.1, -0.05) is 43.3 Å². The fourth-order valence-electron chi connectivity index (χ4n) is 5.53. The van der Waals surface area contributed by atoms with Crippen molar-refractivity contribution in [3.05, 3.63) is 89.6 Å². The highest BCUT2D eigenvalue weighted by Gasteiger charge is 2.28. The van der Waals surface area contributed by atoms with Crippen molar-refractivity contribution in [3.63, 3.8) is 0 Å². The lowest BCUT2D eigenvalue weighted by atomic mass is 10.0. The van der Waals surface area contributed by atoms with Crippen LogP contribution in [-0.4, -0.2) is 58.7 Å². The minimum Gasteiger partial charge on any atom is -0.473 e. The van der Waals surface area contributed by atoms with Gasteiger partial charge in [-0.3, -0.25) is 4.90 Å². The molecule has 1 N–H and O–H groups in total. The zero-order chi connectivity index (χ0) is 28.0. The van der Waals surface area contributed by atoms with Gasteiger partial charge in [0.15, 0.2) is 5.82 Å².